The molecule has 3 N–H and O–H groups in total. The third-order valence-corrected chi connectivity index (χ3v) is 5.16. The lowest BCUT2D eigenvalue weighted by Crippen LogP contribution is -2.27. The van der Waals surface area contributed by atoms with Crippen LogP contribution >= 0.6 is 22.6 Å². The second-order valence-corrected chi connectivity index (χ2v) is 7.61. The average molecular weight is 473 g/mol. The molecule has 0 aromatic heterocycles. The van der Waals surface area contributed by atoms with E-state index in [0.29, 0.717) is 18.4 Å². The number of hydrogen-bond donors (Lipinski definition) is 2. The van der Waals surface area contributed by atoms with Gasteiger partial charge in [0.2, 0.25) is 0 Å². The molecule has 0 spiro atoms. The maximum Gasteiger partial charge on any atom is 0.252 e. The summed E-state index contributed by atoms with van der Waals surface area (Å²) in [4.78, 5) is 12.0. The van der Waals surface area contributed by atoms with Gasteiger partial charge in [-0.1, -0.05) is 6.07 Å². The summed E-state index contributed by atoms with van der Waals surface area (Å²) in [5, 5.41) is 9.93. The van der Waals surface area contributed by atoms with Crippen molar-refractivity contribution in [2.75, 3.05) is 0 Å². The van der Waals surface area contributed by atoms with E-state index in [9.17, 15) is 18.7 Å². The molecule has 138 valence electrons. The smallest absolute Gasteiger partial charge is 0.252 e. The molecule has 1 aliphatic carbocycles. The van der Waals surface area contributed by atoms with Crippen molar-refractivity contribution in [1.29, 1.82) is 0 Å². The van der Waals surface area contributed by atoms with Gasteiger partial charge in [0.15, 0.2) is 0 Å². The Balaban J connectivity index is 1.99. The topological polar surface area (TPSA) is 72.6 Å². The predicted molar refractivity (Wildman–Crippen MR) is 101 cm³/mol. The Hall–Kier alpha value is -1.74. The van der Waals surface area contributed by atoms with Crippen LogP contribution in [0.15, 0.2) is 30.3 Å². The number of nitrogens with two attached hydrogens (primary N) is 1. The van der Waals surface area contributed by atoms with Gasteiger partial charge in [0.05, 0.1) is 11.7 Å². The summed E-state index contributed by atoms with van der Waals surface area (Å²) >= 11 is 1.99. The molecule has 0 unspecified atom stereocenters. The SMILES string of the molecule is NC(=O)c1c(Cc2ccc(I)cc2F)cc(F)cc1O[C@H]1CCC[C@@H]1O. The molecule has 0 bridgehead atoms. The van der Waals surface area contributed by atoms with Crippen molar-refractivity contribution in [3.8, 4) is 5.75 Å². The number of ether oxygens (including phenoxy) is 1. The van der Waals surface area contributed by atoms with Crippen molar-refractivity contribution in [2.24, 2.45) is 5.73 Å². The minimum atomic E-state index is -0.784. The van der Waals surface area contributed by atoms with Crippen LogP contribution in [0.3, 0.4) is 0 Å². The molecule has 3 rings (SSSR count). The minimum Gasteiger partial charge on any atom is -0.487 e. The summed E-state index contributed by atoms with van der Waals surface area (Å²) in [6, 6.07) is 6.93. The number of carbonyl (C=O) groups excluding carboxylic acids is 1. The molecular formula is C19H18F2INO3. The van der Waals surface area contributed by atoms with Crippen molar-refractivity contribution >= 4 is 28.5 Å². The molecule has 7 heteroatoms. The number of primary amides is 1. The Morgan fingerprint density at radius 1 is 1.23 bits per heavy atom. The lowest BCUT2D eigenvalue weighted by molar-refractivity contribution is 0.0590. The zero-order chi connectivity index (χ0) is 18.8. The number of carbonyl (C=O) groups is 1. The molecule has 2 aromatic rings. The maximum atomic E-state index is 14.2. The first-order chi connectivity index (χ1) is 12.3. The molecule has 4 nitrogen and oxygen atoms in total. The summed E-state index contributed by atoms with van der Waals surface area (Å²) in [6.45, 7) is 0. The number of hydrogen-bond acceptors (Lipinski definition) is 3. The first-order valence-corrected chi connectivity index (χ1v) is 9.34. The Kier molecular flexibility index (Phi) is 5.76. The highest BCUT2D eigenvalue weighted by Gasteiger charge is 2.29. The molecule has 1 fully saturated rings. The van der Waals surface area contributed by atoms with E-state index in [0.717, 1.165) is 22.1 Å². The van der Waals surface area contributed by atoms with Crippen molar-refractivity contribution in [3.05, 3.63) is 62.2 Å². The van der Waals surface area contributed by atoms with Crippen LogP contribution < -0.4 is 10.5 Å². The molecule has 1 amide bonds. The summed E-state index contributed by atoms with van der Waals surface area (Å²) in [5.74, 6) is -1.85. The van der Waals surface area contributed by atoms with Crippen molar-refractivity contribution in [2.45, 2.75) is 37.9 Å². The number of amides is 1. The van der Waals surface area contributed by atoms with Gasteiger partial charge in [0.1, 0.15) is 23.5 Å². The van der Waals surface area contributed by atoms with E-state index >= 15 is 0 Å². The Morgan fingerprint density at radius 3 is 2.62 bits per heavy atom. The zero-order valence-corrected chi connectivity index (χ0v) is 16.0. The van der Waals surface area contributed by atoms with Crippen molar-refractivity contribution in [3.63, 3.8) is 0 Å². The first kappa shape index (κ1) is 19.0. The van der Waals surface area contributed by atoms with Crippen LogP contribution in [0, 0.1) is 15.2 Å². The van der Waals surface area contributed by atoms with E-state index in [4.69, 9.17) is 10.5 Å². The van der Waals surface area contributed by atoms with Gasteiger partial charge in [-0.05, 0) is 71.2 Å². The molecule has 0 saturated heterocycles. The van der Waals surface area contributed by atoms with Crippen LogP contribution in [0.4, 0.5) is 8.78 Å². The zero-order valence-electron chi connectivity index (χ0n) is 13.8. The second-order valence-electron chi connectivity index (χ2n) is 6.37. The average Bonchev–Trinajstić information content (AvgIpc) is 2.94. The van der Waals surface area contributed by atoms with Gasteiger partial charge < -0.3 is 15.6 Å². The third-order valence-electron chi connectivity index (χ3n) is 4.49. The molecule has 2 atom stereocenters. The summed E-state index contributed by atoms with van der Waals surface area (Å²) in [6.07, 6.45) is 0.800. The van der Waals surface area contributed by atoms with Gasteiger partial charge in [-0.3, -0.25) is 4.79 Å². The molecule has 1 saturated carbocycles. The van der Waals surface area contributed by atoms with Crippen LogP contribution in [0.2, 0.25) is 0 Å². The van der Waals surface area contributed by atoms with Crippen LogP contribution in [-0.4, -0.2) is 23.2 Å². The molecule has 26 heavy (non-hydrogen) atoms. The standard InChI is InChI=1S/C19H18F2INO3/c20-12-7-11(6-10-4-5-13(22)9-14(10)21)18(19(23)25)17(8-12)26-16-3-1-2-15(16)24/h4-5,7-9,15-16,24H,1-3,6H2,(H2,23,25)/t15-,16-/m0/s1. The van der Waals surface area contributed by atoms with Crippen LogP contribution in [0.25, 0.3) is 0 Å². The lowest BCUT2D eigenvalue weighted by Gasteiger charge is -2.20. The Bertz CT molecular complexity index is 844. The fourth-order valence-corrected chi connectivity index (χ4v) is 3.68. The predicted octanol–water partition coefficient (Wildman–Crippen LogP) is 3.55. The van der Waals surface area contributed by atoms with Crippen LogP contribution in [-0.2, 0) is 6.42 Å². The molecule has 2 aromatic carbocycles. The number of halogens is 3. The van der Waals surface area contributed by atoms with E-state index < -0.39 is 29.7 Å². The number of aliphatic hydroxyl groups excluding tert-OH is 1. The van der Waals surface area contributed by atoms with Gasteiger partial charge in [-0.25, -0.2) is 8.78 Å². The Morgan fingerprint density at radius 2 is 2.00 bits per heavy atom. The lowest BCUT2D eigenvalue weighted by atomic mass is 9.97. The monoisotopic (exact) mass is 473 g/mol. The molecule has 1 aliphatic rings. The van der Waals surface area contributed by atoms with Gasteiger partial charge >= 0.3 is 0 Å². The fourth-order valence-electron chi connectivity index (χ4n) is 3.23. The Labute approximate surface area is 163 Å². The third kappa shape index (κ3) is 4.15. The highest BCUT2D eigenvalue weighted by molar-refractivity contribution is 14.1. The summed E-state index contributed by atoms with van der Waals surface area (Å²) in [7, 11) is 0. The van der Waals surface area contributed by atoms with E-state index in [1.807, 2.05) is 22.6 Å². The summed E-state index contributed by atoms with van der Waals surface area (Å²) < 4.78 is 34.7. The van der Waals surface area contributed by atoms with Crippen LogP contribution in [0.1, 0.15) is 40.7 Å². The molecule has 0 heterocycles. The second kappa shape index (κ2) is 7.87. The maximum absolute atomic E-state index is 14.2. The minimum absolute atomic E-state index is 0.00235. The quantitative estimate of drug-likeness (QED) is 0.653. The van der Waals surface area contributed by atoms with E-state index in [1.165, 1.54) is 6.07 Å². The first-order valence-electron chi connectivity index (χ1n) is 8.26. The van der Waals surface area contributed by atoms with Crippen LogP contribution in [0.5, 0.6) is 5.75 Å². The van der Waals surface area contributed by atoms with Crippen molar-refractivity contribution in [1.82, 2.24) is 0 Å². The number of rotatable bonds is 5. The highest BCUT2D eigenvalue weighted by Crippen LogP contribution is 2.31. The highest BCUT2D eigenvalue weighted by atomic mass is 127. The molecule has 0 aliphatic heterocycles. The van der Waals surface area contributed by atoms with Gasteiger partial charge in [-0.2, -0.15) is 0 Å². The van der Waals surface area contributed by atoms with Gasteiger partial charge in [0, 0.05) is 16.1 Å². The van der Waals surface area contributed by atoms with Gasteiger partial charge in [0.25, 0.3) is 5.91 Å². The largest absolute Gasteiger partial charge is 0.487 e. The van der Waals surface area contributed by atoms with E-state index in [2.05, 4.69) is 0 Å². The number of benzene rings is 2. The summed E-state index contributed by atoms with van der Waals surface area (Å²) in [5.41, 5.74) is 6.08. The van der Waals surface area contributed by atoms with E-state index in [-0.39, 0.29) is 23.3 Å². The molecule has 0 radical (unpaired) electrons. The van der Waals surface area contributed by atoms with E-state index in [1.54, 1.807) is 12.1 Å². The van der Waals surface area contributed by atoms with Crippen molar-refractivity contribution < 1.29 is 23.4 Å². The fraction of sp³-hybridized carbons (Fsp3) is 0.316. The molecular weight excluding hydrogens is 455 g/mol. The normalized spacial score (nSPS) is 19.5. The number of aliphatic hydroxyl groups is 1. The van der Waals surface area contributed by atoms with Gasteiger partial charge in [-0.15, -0.1) is 0 Å².